The first-order valence-corrected chi connectivity index (χ1v) is 6.96. The fourth-order valence-corrected chi connectivity index (χ4v) is 2.39. The lowest BCUT2D eigenvalue weighted by molar-refractivity contribution is -0.116. The first-order valence-electron chi connectivity index (χ1n) is 6.96. The zero-order valence-corrected chi connectivity index (χ0v) is 11.5. The number of rotatable bonds is 3. The third-order valence-electron chi connectivity index (χ3n) is 3.66. The molecular weight excluding hydrogens is 250 g/mol. The Morgan fingerprint density at radius 3 is 2.45 bits per heavy atom. The van der Waals surface area contributed by atoms with Crippen LogP contribution in [0.4, 0.5) is 5.82 Å². The van der Waals surface area contributed by atoms with Gasteiger partial charge in [0.15, 0.2) is 11.6 Å². The first kappa shape index (κ1) is 12.8. The first-order chi connectivity index (χ1) is 9.76. The quantitative estimate of drug-likeness (QED) is 0.857. The molecule has 1 fully saturated rings. The van der Waals surface area contributed by atoms with Gasteiger partial charge in [0.25, 0.3) is 0 Å². The van der Waals surface area contributed by atoms with Crippen molar-refractivity contribution in [3.8, 4) is 11.3 Å². The summed E-state index contributed by atoms with van der Waals surface area (Å²) in [6.45, 7) is 3.35. The van der Waals surface area contributed by atoms with E-state index in [0.717, 1.165) is 30.0 Å². The van der Waals surface area contributed by atoms with Crippen LogP contribution >= 0.6 is 0 Å². The number of carbonyl (C=O) groups excluding carboxylic acids is 1. The number of aryl methyl sites for hydroxylation is 1. The Balaban J connectivity index is 1.79. The largest absolute Gasteiger partial charge is 0.347 e. The average molecular weight is 267 g/mol. The van der Waals surface area contributed by atoms with E-state index < -0.39 is 0 Å². The predicted octanol–water partition coefficient (Wildman–Crippen LogP) is 2.49. The number of benzene rings is 1. The number of aromatic nitrogens is 2. The molecule has 1 saturated heterocycles. The van der Waals surface area contributed by atoms with Crippen LogP contribution in [0.15, 0.2) is 36.4 Å². The molecule has 0 aliphatic carbocycles. The van der Waals surface area contributed by atoms with E-state index >= 15 is 0 Å². The van der Waals surface area contributed by atoms with Gasteiger partial charge in [0.2, 0.25) is 0 Å². The summed E-state index contributed by atoms with van der Waals surface area (Å²) in [4.78, 5) is 13.3. The Labute approximate surface area is 118 Å². The molecule has 2 aromatic rings. The summed E-state index contributed by atoms with van der Waals surface area (Å²) in [5, 5.41) is 8.51. The number of hydrogen-bond donors (Lipinski definition) is 0. The van der Waals surface area contributed by atoms with Crippen LogP contribution in [0.25, 0.3) is 11.3 Å². The second-order valence-corrected chi connectivity index (χ2v) is 5.04. The minimum absolute atomic E-state index is 0.269. The molecule has 2 heterocycles. The minimum atomic E-state index is 0.269. The summed E-state index contributed by atoms with van der Waals surface area (Å²) in [5.74, 6) is 1.05. The molecule has 0 unspecified atom stereocenters. The SMILES string of the molecule is CCc1ccc(-c2ccc(N3CCC(=O)C3)nn2)cc1. The topological polar surface area (TPSA) is 46.1 Å². The van der Waals surface area contributed by atoms with Gasteiger partial charge in [-0.2, -0.15) is 0 Å². The zero-order chi connectivity index (χ0) is 13.9. The number of Topliss-reactive ketones (excluding diaryl/α,β-unsaturated/α-hetero) is 1. The van der Waals surface area contributed by atoms with Crippen molar-refractivity contribution in [1.29, 1.82) is 0 Å². The van der Waals surface area contributed by atoms with Crippen molar-refractivity contribution < 1.29 is 4.79 Å². The molecule has 0 radical (unpaired) electrons. The molecule has 0 bridgehead atoms. The molecule has 4 heteroatoms. The molecule has 3 rings (SSSR count). The number of hydrogen-bond acceptors (Lipinski definition) is 4. The lowest BCUT2D eigenvalue weighted by Gasteiger charge is -2.14. The Kier molecular flexibility index (Phi) is 3.46. The standard InChI is InChI=1S/C16H17N3O/c1-2-12-3-5-13(6-4-12)15-7-8-16(18-17-15)19-10-9-14(20)11-19/h3-8H,2,9-11H2,1H3. The summed E-state index contributed by atoms with van der Waals surface area (Å²) in [7, 11) is 0. The van der Waals surface area contributed by atoms with Crippen LogP contribution in [-0.4, -0.2) is 29.1 Å². The maximum Gasteiger partial charge on any atom is 0.153 e. The van der Waals surface area contributed by atoms with Crippen LogP contribution in [0.3, 0.4) is 0 Å². The Morgan fingerprint density at radius 2 is 1.90 bits per heavy atom. The lowest BCUT2D eigenvalue weighted by Crippen LogP contribution is -2.21. The predicted molar refractivity (Wildman–Crippen MR) is 78.7 cm³/mol. The van der Waals surface area contributed by atoms with Crippen LogP contribution in [-0.2, 0) is 11.2 Å². The van der Waals surface area contributed by atoms with E-state index in [4.69, 9.17) is 0 Å². The van der Waals surface area contributed by atoms with Crippen LogP contribution in [0, 0.1) is 0 Å². The Morgan fingerprint density at radius 1 is 1.10 bits per heavy atom. The van der Waals surface area contributed by atoms with E-state index in [9.17, 15) is 4.79 Å². The molecule has 0 spiro atoms. The maximum atomic E-state index is 11.3. The maximum absolute atomic E-state index is 11.3. The molecular formula is C16H17N3O. The Hall–Kier alpha value is -2.23. The van der Waals surface area contributed by atoms with E-state index in [1.807, 2.05) is 17.0 Å². The molecule has 0 N–H and O–H groups in total. The molecule has 1 aliphatic heterocycles. The summed E-state index contributed by atoms with van der Waals surface area (Å²) in [6, 6.07) is 12.3. The van der Waals surface area contributed by atoms with E-state index in [1.165, 1.54) is 5.56 Å². The van der Waals surface area contributed by atoms with Gasteiger partial charge in [-0.25, -0.2) is 0 Å². The fourth-order valence-electron chi connectivity index (χ4n) is 2.39. The highest BCUT2D eigenvalue weighted by atomic mass is 16.1. The monoisotopic (exact) mass is 267 g/mol. The van der Waals surface area contributed by atoms with E-state index in [2.05, 4.69) is 41.4 Å². The van der Waals surface area contributed by atoms with Gasteiger partial charge in [-0.15, -0.1) is 10.2 Å². The summed E-state index contributed by atoms with van der Waals surface area (Å²) < 4.78 is 0. The molecule has 0 saturated carbocycles. The molecule has 1 aliphatic rings. The van der Waals surface area contributed by atoms with Gasteiger partial charge >= 0.3 is 0 Å². The summed E-state index contributed by atoms with van der Waals surface area (Å²) in [5.41, 5.74) is 3.24. The lowest BCUT2D eigenvalue weighted by atomic mass is 10.1. The number of ketones is 1. The molecule has 102 valence electrons. The van der Waals surface area contributed by atoms with Gasteiger partial charge in [0.1, 0.15) is 0 Å². The molecule has 4 nitrogen and oxygen atoms in total. The van der Waals surface area contributed by atoms with Crippen molar-refractivity contribution in [2.24, 2.45) is 0 Å². The van der Waals surface area contributed by atoms with E-state index in [-0.39, 0.29) is 5.78 Å². The number of carbonyl (C=O) groups is 1. The van der Waals surface area contributed by atoms with Crippen LogP contribution in [0.1, 0.15) is 18.9 Å². The summed E-state index contributed by atoms with van der Waals surface area (Å²) in [6.07, 6.45) is 1.65. The average Bonchev–Trinajstić information content (AvgIpc) is 2.94. The van der Waals surface area contributed by atoms with Crippen LogP contribution in [0.5, 0.6) is 0 Å². The number of anilines is 1. The van der Waals surface area contributed by atoms with Crippen molar-refractivity contribution in [3.63, 3.8) is 0 Å². The summed E-state index contributed by atoms with van der Waals surface area (Å²) >= 11 is 0. The van der Waals surface area contributed by atoms with Crippen molar-refractivity contribution in [2.75, 3.05) is 18.0 Å². The Bertz CT molecular complexity index is 605. The second-order valence-electron chi connectivity index (χ2n) is 5.04. The molecule has 1 aromatic heterocycles. The van der Waals surface area contributed by atoms with Gasteiger partial charge in [0.05, 0.1) is 12.2 Å². The van der Waals surface area contributed by atoms with Gasteiger partial charge in [-0.3, -0.25) is 4.79 Å². The van der Waals surface area contributed by atoms with E-state index in [1.54, 1.807) is 0 Å². The molecule has 0 amide bonds. The smallest absolute Gasteiger partial charge is 0.153 e. The van der Waals surface area contributed by atoms with Crippen molar-refractivity contribution >= 4 is 11.6 Å². The third-order valence-corrected chi connectivity index (χ3v) is 3.66. The van der Waals surface area contributed by atoms with Crippen molar-refractivity contribution in [3.05, 3.63) is 42.0 Å². The van der Waals surface area contributed by atoms with E-state index in [0.29, 0.717) is 13.0 Å². The van der Waals surface area contributed by atoms with Gasteiger partial charge in [-0.05, 0) is 24.1 Å². The highest BCUT2D eigenvalue weighted by Gasteiger charge is 2.20. The van der Waals surface area contributed by atoms with Crippen molar-refractivity contribution in [1.82, 2.24) is 10.2 Å². The molecule has 1 aromatic carbocycles. The fraction of sp³-hybridized carbons (Fsp3) is 0.312. The highest BCUT2D eigenvalue weighted by Crippen LogP contribution is 2.20. The second kappa shape index (κ2) is 5.41. The normalized spacial score (nSPS) is 14.8. The van der Waals surface area contributed by atoms with Crippen molar-refractivity contribution in [2.45, 2.75) is 19.8 Å². The van der Waals surface area contributed by atoms with Crippen LogP contribution < -0.4 is 4.90 Å². The van der Waals surface area contributed by atoms with Gasteiger partial charge in [0, 0.05) is 18.5 Å². The van der Waals surface area contributed by atoms with Crippen LogP contribution in [0.2, 0.25) is 0 Å². The molecule has 20 heavy (non-hydrogen) atoms. The number of nitrogens with zero attached hydrogens (tertiary/aromatic N) is 3. The van der Waals surface area contributed by atoms with Gasteiger partial charge < -0.3 is 4.90 Å². The minimum Gasteiger partial charge on any atom is -0.347 e. The van der Waals surface area contributed by atoms with Gasteiger partial charge in [-0.1, -0.05) is 31.2 Å². The zero-order valence-electron chi connectivity index (χ0n) is 11.5. The third kappa shape index (κ3) is 2.54. The highest BCUT2D eigenvalue weighted by molar-refractivity contribution is 5.86. The molecule has 0 atom stereocenters.